The Bertz CT molecular complexity index is 1010. The summed E-state index contributed by atoms with van der Waals surface area (Å²) < 4.78 is 33.4. The second-order valence-electron chi connectivity index (χ2n) is 14.8. The van der Waals surface area contributed by atoms with E-state index in [0.29, 0.717) is 12.8 Å². The van der Waals surface area contributed by atoms with Crippen LogP contribution in [0.25, 0.3) is 0 Å². The van der Waals surface area contributed by atoms with Crippen LogP contribution in [0.5, 0.6) is 0 Å². The van der Waals surface area contributed by atoms with Gasteiger partial charge in [-0.3, -0.25) is 18.6 Å². The van der Waals surface area contributed by atoms with Crippen LogP contribution in [0.4, 0.5) is 0 Å². The molecule has 1 rings (SSSR count). The fourth-order valence-electron chi connectivity index (χ4n) is 6.40. The summed E-state index contributed by atoms with van der Waals surface area (Å²) in [4.78, 5) is 35.5. The molecule has 0 amide bonds. The third kappa shape index (κ3) is 24.3. The van der Waals surface area contributed by atoms with Crippen LogP contribution < -0.4 is 0 Å². The van der Waals surface area contributed by atoms with Gasteiger partial charge in [0.05, 0.1) is 6.61 Å². The molecule has 0 radical (unpaired) electrons. The van der Waals surface area contributed by atoms with Gasteiger partial charge >= 0.3 is 19.8 Å². The molecule has 1 aliphatic rings. The van der Waals surface area contributed by atoms with Crippen molar-refractivity contribution in [2.45, 2.75) is 217 Å². The van der Waals surface area contributed by atoms with Crippen molar-refractivity contribution in [1.82, 2.24) is 0 Å². The number of phosphoric acid groups is 1. The normalized spacial score (nSPS) is 23.3. The number of rotatable bonds is 34. The van der Waals surface area contributed by atoms with Crippen molar-refractivity contribution in [3.05, 3.63) is 12.2 Å². The largest absolute Gasteiger partial charge is 0.472 e. The molecule has 0 spiro atoms. The zero-order chi connectivity index (χ0) is 40.0. The monoisotopic (exact) mass is 794 g/mol. The summed E-state index contributed by atoms with van der Waals surface area (Å²) in [6.07, 6.45) is 17.1. The van der Waals surface area contributed by atoms with E-state index >= 15 is 0 Å². The number of carbonyl (C=O) groups excluding carboxylic acids is 2. The second kappa shape index (κ2) is 31.6. The lowest BCUT2D eigenvalue weighted by molar-refractivity contribution is -0.220. The summed E-state index contributed by atoms with van der Waals surface area (Å²) in [5.74, 6) is -1.10. The topological polar surface area (TPSA) is 210 Å². The first kappa shape index (κ1) is 50.6. The highest BCUT2D eigenvalue weighted by Crippen LogP contribution is 2.47. The molecule has 8 atom stereocenters. The molecule has 1 fully saturated rings. The first-order valence-corrected chi connectivity index (χ1v) is 22.5. The molecule has 13 nitrogen and oxygen atoms in total. The van der Waals surface area contributed by atoms with Crippen molar-refractivity contribution in [3.63, 3.8) is 0 Å². The first-order chi connectivity index (χ1) is 25.9. The molecule has 0 aliphatic heterocycles. The van der Waals surface area contributed by atoms with Crippen molar-refractivity contribution in [2.75, 3.05) is 13.2 Å². The van der Waals surface area contributed by atoms with Crippen LogP contribution in [0.1, 0.15) is 174 Å². The van der Waals surface area contributed by atoms with E-state index in [9.17, 15) is 44.6 Å². The summed E-state index contributed by atoms with van der Waals surface area (Å²) in [6.45, 7) is 3.25. The Hall–Kier alpha value is -1.41. The lowest BCUT2D eigenvalue weighted by Gasteiger charge is -2.41. The summed E-state index contributed by atoms with van der Waals surface area (Å²) in [5, 5.41) is 50.0. The number of aliphatic hydroxyl groups excluding tert-OH is 5. The summed E-state index contributed by atoms with van der Waals surface area (Å²) in [5.41, 5.74) is 0. The third-order valence-electron chi connectivity index (χ3n) is 9.86. The van der Waals surface area contributed by atoms with E-state index in [1.807, 2.05) is 0 Å². The van der Waals surface area contributed by atoms with Gasteiger partial charge in [-0.2, -0.15) is 0 Å². The maximum Gasteiger partial charge on any atom is 0.472 e. The first-order valence-electron chi connectivity index (χ1n) is 21.0. The van der Waals surface area contributed by atoms with Crippen LogP contribution in [0.15, 0.2) is 12.2 Å². The smallest absolute Gasteiger partial charge is 0.462 e. The van der Waals surface area contributed by atoms with E-state index in [-0.39, 0.29) is 12.8 Å². The highest BCUT2D eigenvalue weighted by molar-refractivity contribution is 7.47. The van der Waals surface area contributed by atoms with Crippen molar-refractivity contribution < 1.29 is 63.1 Å². The van der Waals surface area contributed by atoms with Crippen LogP contribution in [-0.2, 0) is 32.7 Å². The number of allylic oxidation sites excluding steroid dienone is 2. The van der Waals surface area contributed by atoms with Gasteiger partial charge in [-0.05, 0) is 38.5 Å². The molecule has 0 heterocycles. The molecule has 0 saturated heterocycles. The number of phosphoric ester groups is 1. The Labute approximate surface area is 324 Å². The molecule has 0 aromatic heterocycles. The van der Waals surface area contributed by atoms with Crippen LogP contribution in [0, 0.1) is 0 Å². The van der Waals surface area contributed by atoms with Gasteiger partial charge in [0, 0.05) is 12.8 Å². The Morgan fingerprint density at radius 1 is 0.556 bits per heavy atom. The molecule has 6 unspecified atom stereocenters. The third-order valence-corrected chi connectivity index (χ3v) is 10.8. The van der Waals surface area contributed by atoms with E-state index in [0.717, 1.165) is 57.8 Å². The lowest BCUT2D eigenvalue weighted by Crippen LogP contribution is -2.64. The fourth-order valence-corrected chi connectivity index (χ4v) is 7.37. The predicted octanol–water partition coefficient (Wildman–Crippen LogP) is 7.11. The summed E-state index contributed by atoms with van der Waals surface area (Å²) >= 11 is 0. The Morgan fingerprint density at radius 2 is 0.944 bits per heavy atom. The van der Waals surface area contributed by atoms with Crippen molar-refractivity contribution in [1.29, 1.82) is 0 Å². The number of ether oxygens (including phenoxy) is 2. The van der Waals surface area contributed by atoms with Gasteiger partial charge in [-0.25, -0.2) is 4.57 Å². The van der Waals surface area contributed by atoms with Gasteiger partial charge in [0.2, 0.25) is 0 Å². The minimum Gasteiger partial charge on any atom is -0.462 e. The number of unbranched alkanes of at least 4 members (excludes halogenated alkanes) is 20. The number of hydrogen-bond donors (Lipinski definition) is 6. The van der Waals surface area contributed by atoms with E-state index in [2.05, 4.69) is 26.0 Å². The van der Waals surface area contributed by atoms with Gasteiger partial charge in [-0.1, -0.05) is 135 Å². The summed E-state index contributed by atoms with van der Waals surface area (Å²) in [7, 11) is -5.10. The van der Waals surface area contributed by atoms with E-state index in [4.69, 9.17) is 18.5 Å². The van der Waals surface area contributed by atoms with Gasteiger partial charge in [0.15, 0.2) is 6.10 Å². The van der Waals surface area contributed by atoms with E-state index < -0.39 is 75.7 Å². The Morgan fingerprint density at radius 3 is 1.43 bits per heavy atom. The molecular weight excluding hydrogens is 719 g/mol. The van der Waals surface area contributed by atoms with Crippen molar-refractivity contribution in [3.8, 4) is 0 Å². The number of aliphatic hydroxyl groups is 5. The maximum absolute atomic E-state index is 12.7. The van der Waals surface area contributed by atoms with Gasteiger partial charge in [0.25, 0.3) is 0 Å². The van der Waals surface area contributed by atoms with Gasteiger partial charge in [-0.15, -0.1) is 0 Å². The average molecular weight is 795 g/mol. The highest BCUT2D eigenvalue weighted by Gasteiger charge is 2.51. The molecule has 1 saturated carbocycles. The minimum absolute atomic E-state index is 0.0998. The molecule has 0 aromatic rings. The quantitative estimate of drug-likeness (QED) is 0.0166. The van der Waals surface area contributed by atoms with Gasteiger partial charge < -0.3 is 39.9 Å². The summed E-state index contributed by atoms with van der Waals surface area (Å²) in [6, 6.07) is 0. The average Bonchev–Trinajstić information content (AvgIpc) is 3.15. The van der Waals surface area contributed by atoms with E-state index in [1.54, 1.807) is 0 Å². The number of esters is 2. The van der Waals surface area contributed by atoms with Crippen LogP contribution in [-0.4, -0.2) is 98.3 Å². The van der Waals surface area contributed by atoms with Crippen LogP contribution >= 0.6 is 7.82 Å². The highest BCUT2D eigenvalue weighted by atomic mass is 31.2. The fraction of sp³-hybridized carbons (Fsp3) is 0.900. The Balaban J connectivity index is 2.49. The zero-order valence-corrected chi connectivity index (χ0v) is 34.2. The van der Waals surface area contributed by atoms with Crippen molar-refractivity contribution in [2.24, 2.45) is 0 Å². The maximum atomic E-state index is 12.7. The van der Waals surface area contributed by atoms with Crippen LogP contribution in [0.2, 0.25) is 0 Å². The predicted molar refractivity (Wildman–Crippen MR) is 207 cm³/mol. The minimum atomic E-state index is -5.10. The van der Waals surface area contributed by atoms with Crippen LogP contribution in [0.3, 0.4) is 0 Å². The van der Waals surface area contributed by atoms with E-state index in [1.165, 1.54) is 77.0 Å². The molecule has 0 aromatic carbocycles. The lowest BCUT2D eigenvalue weighted by atomic mass is 9.85. The Kier molecular flexibility index (Phi) is 29.7. The van der Waals surface area contributed by atoms with Crippen molar-refractivity contribution >= 4 is 19.8 Å². The zero-order valence-electron chi connectivity index (χ0n) is 33.3. The second-order valence-corrected chi connectivity index (χ2v) is 16.3. The molecule has 14 heteroatoms. The molecule has 6 N–H and O–H groups in total. The molecule has 318 valence electrons. The molecule has 0 bridgehead atoms. The molecule has 54 heavy (non-hydrogen) atoms. The van der Waals surface area contributed by atoms with Gasteiger partial charge in [0.1, 0.15) is 43.2 Å². The standard InChI is InChI=1S/C40H75O13P/c1-3-5-7-9-11-13-15-16-17-18-19-21-22-24-26-28-33(41)50-30-32(52-34(42)29-27-25-23-20-14-12-10-8-6-4-2)31-51-54(48,49)53-40-38(46)36(44)35(43)37(45)39(40)47/h13,15,32,35-40,43-47H,3-12,14,16-31H2,1-2H3,(H,48,49)/b15-13+/t32-,35?,36-,37?,38?,39?,40?/m1/s1. The molecule has 1 aliphatic carbocycles. The molecular formula is C40H75O13P. The SMILES string of the molecule is CCCCCC/C=C/CCCCCCCCCC(=O)OC[C@H](COP(=O)(O)OC1C(O)C(O)C(O)[C@@H](O)C1O)OC(=O)CCCCCCCCCCCC. The number of carbonyl (C=O) groups is 2. The number of hydrogen-bond acceptors (Lipinski definition) is 12.